The number of aromatic nitrogens is 3. The molecule has 0 atom stereocenters. The van der Waals surface area contributed by atoms with Crippen molar-refractivity contribution in [3.63, 3.8) is 0 Å². The van der Waals surface area contributed by atoms with Crippen LogP contribution in [0.1, 0.15) is 22.5 Å². The maximum absolute atomic E-state index is 4.40. The summed E-state index contributed by atoms with van der Waals surface area (Å²) in [5, 5.41) is 7.44. The van der Waals surface area contributed by atoms with Gasteiger partial charge >= 0.3 is 0 Å². The zero-order valence-corrected chi connectivity index (χ0v) is 10.6. The van der Waals surface area contributed by atoms with Gasteiger partial charge in [0.2, 0.25) is 0 Å². The van der Waals surface area contributed by atoms with Gasteiger partial charge < -0.3 is 5.32 Å². The van der Waals surface area contributed by atoms with Gasteiger partial charge in [-0.15, -0.1) is 0 Å². The molecule has 2 aromatic rings. The van der Waals surface area contributed by atoms with Gasteiger partial charge in [-0.2, -0.15) is 5.10 Å². The van der Waals surface area contributed by atoms with Crippen molar-refractivity contribution in [2.75, 3.05) is 7.05 Å². The fourth-order valence-electron chi connectivity index (χ4n) is 2.00. The molecule has 17 heavy (non-hydrogen) atoms. The second kappa shape index (κ2) is 5.10. The highest BCUT2D eigenvalue weighted by atomic mass is 15.3. The molecule has 0 aliphatic carbocycles. The number of rotatable bonds is 4. The molecule has 1 aromatic carbocycles. The van der Waals surface area contributed by atoms with Crippen molar-refractivity contribution < 1.29 is 0 Å². The minimum atomic E-state index is 0.708. The zero-order valence-electron chi connectivity index (χ0n) is 10.6. The lowest BCUT2D eigenvalue weighted by Crippen LogP contribution is -2.08. The lowest BCUT2D eigenvalue weighted by atomic mass is 10.1. The normalized spacial score (nSPS) is 10.8. The summed E-state index contributed by atoms with van der Waals surface area (Å²) in [6.45, 7) is 5.72. The Hall–Kier alpha value is -1.68. The van der Waals surface area contributed by atoms with Crippen LogP contribution >= 0.6 is 0 Å². The Balaban J connectivity index is 2.13. The largest absolute Gasteiger partial charge is 0.313 e. The first kappa shape index (κ1) is 11.8. The maximum atomic E-state index is 4.40. The number of hydrogen-bond acceptors (Lipinski definition) is 3. The fourth-order valence-corrected chi connectivity index (χ4v) is 2.00. The molecule has 0 fully saturated rings. The van der Waals surface area contributed by atoms with Crippen LogP contribution in [0, 0.1) is 13.8 Å². The van der Waals surface area contributed by atoms with Crippen molar-refractivity contribution in [2.24, 2.45) is 0 Å². The summed E-state index contributed by atoms with van der Waals surface area (Å²) >= 11 is 0. The molecule has 1 N–H and O–H groups in total. The van der Waals surface area contributed by atoms with Crippen LogP contribution in [0.15, 0.2) is 24.5 Å². The molecule has 0 bridgehead atoms. The third kappa shape index (κ3) is 3.14. The van der Waals surface area contributed by atoms with Crippen LogP contribution in [0.4, 0.5) is 0 Å². The second-order valence-electron chi connectivity index (χ2n) is 4.38. The SMILES string of the molecule is CNCc1ncn(Cc2cc(C)cc(C)c2)n1. The quantitative estimate of drug-likeness (QED) is 0.868. The molecule has 0 unspecified atom stereocenters. The number of aryl methyl sites for hydroxylation is 2. The first-order valence-corrected chi connectivity index (χ1v) is 5.77. The first-order chi connectivity index (χ1) is 8.17. The third-order valence-electron chi connectivity index (χ3n) is 2.54. The predicted molar refractivity (Wildman–Crippen MR) is 67.8 cm³/mol. The van der Waals surface area contributed by atoms with E-state index in [-0.39, 0.29) is 0 Å². The van der Waals surface area contributed by atoms with Crippen molar-refractivity contribution in [2.45, 2.75) is 26.9 Å². The summed E-state index contributed by atoms with van der Waals surface area (Å²) in [5.74, 6) is 0.830. The molecule has 0 saturated heterocycles. The van der Waals surface area contributed by atoms with Crippen LogP contribution in [0.3, 0.4) is 0 Å². The van der Waals surface area contributed by atoms with Gasteiger partial charge in [0.05, 0.1) is 13.1 Å². The minimum absolute atomic E-state index is 0.708. The summed E-state index contributed by atoms with van der Waals surface area (Å²) in [4.78, 5) is 4.24. The molecule has 1 heterocycles. The lowest BCUT2D eigenvalue weighted by molar-refractivity contribution is 0.658. The number of nitrogens with zero attached hydrogens (tertiary/aromatic N) is 3. The van der Waals surface area contributed by atoms with E-state index in [1.54, 1.807) is 6.33 Å². The maximum Gasteiger partial charge on any atom is 0.164 e. The highest BCUT2D eigenvalue weighted by molar-refractivity contribution is 5.28. The summed E-state index contributed by atoms with van der Waals surface area (Å²) in [6, 6.07) is 6.55. The van der Waals surface area contributed by atoms with E-state index in [9.17, 15) is 0 Å². The highest BCUT2D eigenvalue weighted by Gasteiger charge is 2.01. The van der Waals surface area contributed by atoms with Crippen molar-refractivity contribution in [3.8, 4) is 0 Å². The Labute approximate surface area is 102 Å². The van der Waals surface area contributed by atoms with Crippen LogP contribution in [0.25, 0.3) is 0 Å². The summed E-state index contributed by atoms with van der Waals surface area (Å²) in [5.41, 5.74) is 3.84. The summed E-state index contributed by atoms with van der Waals surface area (Å²) in [6.07, 6.45) is 1.78. The number of hydrogen-bond donors (Lipinski definition) is 1. The van der Waals surface area contributed by atoms with Gasteiger partial charge in [-0.25, -0.2) is 9.67 Å². The van der Waals surface area contributed by atoms with E-state index in [4.69, 9.17) is 0 Å². The zero-order chi connectivity index (χ0) is 12.3. The molecule has 0 aliphatic heterocycles. The van der Waals surface area contributed by atoms with Crippen molar-refractivity contribution in [3.05, 3.63) is 47.0 Å². The van der Waals surface area contributed by atoms with Crippen LogP contribution < -0.4 is 5.32 Å². The van der Waals surface area contributed by atoms with Crippen molar-refractivity contribution >= 4 is 0 Å². The van der Waals surface area contributed by atoms with E-state index in [1.165, 1.54) is 16.7 Å². The Morgan fingerprint density at radius 1 is 1.18 bits per heavy atom. The van der Waals surface area contributed by atoms with E-state index in [1.807, 2.05) is 11.7 Å². The predicted octanol–water partition coefficient (Wildman–Crippen LogP) is 1.66. The molecule has 0 spiro atoms. The van der Waals surface area contributed by atoms with Crippen LogP contribution in [0.2, 0.25) is 0 Å². The molecule has 0 saturated carbocycles. The monoisotopic (exact) mass is 230 g/mol. The number of benzene rings is 1. The molecule has 4 nitrogen and oxygen atoms in total. The fraction of sp³-hybridized carbons (Fsp3) is 0.385. The Bertz CT molecular complexity index is 482. The van der Waals surface area contributed by atoms with Crippen molar-refractivity contribution in [1.82, 2.24) is 20.1 Å². The summed E-state index contributed by atoms with van der Waals surface area (Å²) in [7, 11) is 1.89. The van der Waals surface area contributed by atoms with Crippen LogP contribution in [0.5, 0.6) is 0 Å². The molecular weight excluding hydrogens is 212 g/mol. The topological polar surface area (TPSA) is 42.7 Å². The van der Waals surface area contributed by atoms with E-state index in [0.717, 1.165) is 12.4 Å². The van der Waals surface area contributed by atoms with E-state index < -0.39 is 0 Å². The second-order valence-corrected chi connectivity index (χ2v) is 4.38. The third-order valence-corrected chi connectivity index (χ3v) is 2.54. The molecule has 2 rings (SSSR count). The van der Waals surface area contributed by atoms with Gasteiger partial charge in [0.1, 0.15) is 6.33 Å². The van der Waals surface area contributed by atoms with Gasteiger partial charge in [-0.3, -0.25) is 0 Å². The van der Waals surface area contributed by atoms with Gasteiger partial charge in [0, 0.05) is 0 Å². The smallest absolute Gasteiger partial charge is 0.164 e. The molecule has 1 aromatic heterocycles. The van der Waals surface area contributed by atoms with Gasteiger partial charge in [0.15, 0.2) is 5.82 Å². The standard InChI is InChI=1S/C13H18N4/c1-10-4-11(2)6-12(5-10)8-17-9-15-13(16-17)7-14-3/h4-6,9,14H,7-8H2,1-3H3. The lowest BCUT2D eigenvalue weighted by Gasteiger charge is -2.04. The molecule has 90 valence electrons. The van der Waals surface area contributed by atoms with E-state index in [2.05, 4.69) is 47.4 Å². The van der Waals surface area contributed by atoms with Gasteiger partial charge in [-0.1, -0.05) is 29.3 Å². The van der Waals surface area contributed by atoms with E-state index >= 15 is 0 Å². The Kier molecular flexibility index (Phi) is 3.54. The van der Waals surface area contributed by atoms with E-state index in [0.29, 0.717) is 6.54 Å². The average Bonchev–Trinajstić information content (AvgIpc) is 2.64. The number of nitrogens with one attached hydrogen (secondary N) is 1. The van der Waals surface area contributed by atoms with Gasteiger partial charge in [0.25, 0.3) is 0 Å². The summed E-state index contributed by atoms with van der Waals surface area (Å²) < 4.78 is 1.88. The highest BCUT2D eigenvalue weighted by Crippen LogP contribution is 2.09. The molecule has 4 heteroatoms. The molecular formula is C13H18N4. The van der Waals surface area contributed by atoms with Crippen LogP contribution in [-0.4, -0.2) is 21.8 Å². The average molecular weight is 230 g/mol. The molecule has 0 radical (unpaired) electrons. The van der Waals surface area contributed by atoms with Crippen molar-refractivity contribution in [1.29, 1.82) is 0 Å². The van der Waals surface area contributed by atoms with Gasteiger partial charge in [-0.05, 0) is 26.5 Å². The molecule has 0 aliphatic rings. The minimum Gasteiger partial charge on any atom is -0.313 e. The Morgan fingerprint density at radius 2 is 1.88 bits per heavy atom. The Morgan fingerprint density at radius 3 is 2.53 bits per heavy atom. The first-order valence-electron chi connectivity index (χ1n) is 5.77. The van der Waals surface area contributed by atoms with Crippen LogP contribution in [-0.2, 0) is 13.1 Å². The molecule has 0 amide bonds.